The van der Waals surface area contributed by atoms with E-state index in [4.69, 9.17) is 5.73 Å². The Bertz CT molecular complexity index is 610. The molecule has 1 aliphatic rings. The second-order valence-corrected chi connectivity index (χ2v) is 5.41. The second-order valence-electron chi connectivity index (χ2n) is 5.41. The largest absolute Gasteiger partial charge is 0.397 e. The van der Waals surface area contributed by atoms with Crippen LogP contribution >= 0.6 is 0 Å². The summed E-state index contributed by atoms with van der Waals surface area (Å²) in [6.45, 7) is 1.57. The Morgan fingerprint density at radius 3 is 2.33 bits per heavy atom. The molecule has 1 aliphatic heterocycles. The summed E-state index contributed by atoms with van der Waals surface area (Å²) in [5.41, 5.74) is 9.73. The lowest BCUT2D eigenvalue weighted by molar-refractivity contribution is -0.130. The molecule has 0 fully saturated rings. The summed E-state index contributed by atoms with van der Waals surface area (Å²) >= 11 is 0. The fourth-order valence-corrected chi connectivity index (χ4v) is 2.72. The quantitative estimate of drug-likeness (QED) is 0.913. The number of fused-ring (bicyclic) bond motifs is 1. The maximum Gasteiger partial charge on any atom is 0.228 e. The first kappa shape index (κ1) is 13.6. The summed E-state index contributed by atoms with van der Waals surface area (Å²) in [5, 5.41) is 0. The Balaban J connectivity index is 1.65. The zero-order chi connectivity index (χ0) is 14.7. The zero-order valence-electron chi connectivity index (χ0n) is 12.0. The van der Waals surface area contributed by atoms with Gasteiger partial charge in [-0.2, -0.15) is 0 Å². The number of nitrogens with zero attached hydrogens (tertiary/aromatic N) is 2. The molecule has 0 unspecified atom stereocenters. The summed E-state index contributed by atoms with van der Waals surface area (Å²) in [5.74, 6) is 0.139. The summed E-state index contributed by atoms with van der Waals surface area (Å²) in [4.78, 5) is 18.6. The minimum atomic E-state index is 0.139. The van der Waals surface area contributed by atoms with Gasteiger partial charge in [-0.3, -0.25) is 9.78 Å². The smallest absolute Gasteiger partial charge is 0.228 e. The van der Waals surface area contributed by atoms with E-state index in [-0.39, 0.29) is 5.91 Å². The van der Waals surface area contributed by atoms with Gasteiger partial charge in [0.15, 0.2) is 0 Å². The van der Waals surface area contributed by atoms with Gasteiger partial charge in [0.05, 0.1) is 18.3 Å². The predicted octanol–water partition coefficient (Wildman–Crippen LogP) is 1.83. The third-order valence-electron chi connectivity index (χ3n) is 3.95. The van der Waals surface area contributed by atoms with Crippen LogP contribution in [0, 0.1) is 0 Å². The number of carbonyl (C=O) groups is 1. The summed E-state index contributed by atoms with van der Waals surface area (Å²) in [6, 6.07) is 12.0. The van der Waals surface area contributed by atoms with Gasteiger partial charge in [0.2, 0.25) is 5.91 Å². The summed E-state index contributed by atoms with van der Waals surface area (Å²) in [6.07, 6.45) is 3.80. The molecular weight excluding hydrogens is 262 g/mol. The molecule has 0 spiro atoms. The fourth-order valence-electron chi connectivity index (χ4n) is 2.72. The SMILES string of the molecule is Nc1ccc(CC(=O)N2CCc3ccccc3CC2)nc1. The predicted molar refractivity (Wildman–Crippen MR) is 82.8 cm³/mol. The number of amides is 1. The molecule has 0 saturated carbocycles. The van der Waals surface area contributed by atoms with Crippen LogP contribution in [0.2, 0.25) is 0 Å². The molecule has 108 valence electrons. The van der Waals surface area contributed by atoms with Crippen LogP contribution in [0.25, 0.3) is 0 Å². The lowest BCUT2D eigenvalue weighted by Gasteiger charge is -2.20. The van der Waals surface area contributed by atoms with E-state index in [2.05, 4.69) is 29.2 Å². The lowest BCUT2D eigenvalue weighted by Crippen LogP contribution is -2.34. The number of rotatable bonds is 2. The molecule has 0 bridgehead atoms. The molecule has 21 heavy (non-hydrogen) atoms. The standard InChI is InChI=1S/C17H19N3O/c18-15-5-6-16(19-12-15)11-17(21)20-9-7-13-3-1-2-4-14(13)8-10-20/h1-6,12H,7-11,18H2. The van der Waals surface area contributed by atoms with E-state index in [1.165, 1.54) is 11.1 Å². The highest BCUT2D eigenvalue weighted by Gasteiger charge is 2.18. The van der Waals surface area contributed by atoms with Gasteiger partial charge < -0.3 is 10.6 Å². The van der Waals surface area contributed by atoms with Crippen LogP contribution in [0.4, 0.5) is 5.69 Å². The summed E-state index contributed by atoms with van der Waals surface area (Å²) in [7, 11) is 0. The minimum Gasteiger partial charge on any atom is -0.397 e. The van der Waals surface area contributed by atoms with Gasteiger partial charge in [-0.05, 0) is 36.1 Å². The van der Waals surface area contributed by atoms with Crippen molar-refractivity contribution in [2.75, 3.05) is 18.8 Å². The fraction of sp³-hybridized carbons (Fsp3) is 0.294. The number of hydrogen-bond acceptors (Lipinski definition) is 3. The number of carbonyl (C=O) groups excluding carboxylic acids is 1. The maximum atomic E-state index is 12.4. The highest BCUT2D eigenvalue weighted by atomic mass is 16.2. The van der Waals surface area contributed by atoms with Crippen LogP contribution in [-0.4, -0.2) is 28.9 Å². The Hall–Kier alpha value is -2.36. The Morgan fingerprint density at radius 2 is 1.76 bits per heavy atom. The van der Waals surface area contributed by atoms with Crippen molar-refractivity contribution in [2.24, 2.45) is 0 Å². The lowest BCUT2D eigenvalue weighted by atomic mass is 10.0. The number of anilines is 1. The van der Waals surface area contributed by atoms with Gasteiger partial charge in [0.1, 0.15) is 0 Å². The van der Waals surface area contributed by atoms with Crippen LogP contribution in [0.5, 0.6) is 0 Å². The number of pyridine rings is 1. The molecule has 1 aromatic heterocycles. The number of nitrogen functional groups attached to an aromatic ring is 1. The van der Waals surface area contributed by atoms with Crippen molar-refractivity contribution in [3.8, 4) is 0 Å². The normalized spacial score (nSPS) is 14.4. The monoisotopic (exact) mass is 281 g/mol. The molecule has 2 aromatic rings. The van der Waals surface area contributed by atoms with E-state index in [0.717, 1.165) is 31.6 Å². The van der Waals surface area contributed by atoms with E-state index in [1.54, 1.807) is 12.3 Å². The molecule has 0 aliphatic carbocycles. The second kappa shape index (κ2) is 5.95. The van der Waals surface area contributed by atoms with Crippen LogP contribution in [-0.2, 0) is 24.1 Å². The van der Waals surface area contributed by atoms with E-state index >= 15 is 0 Å². The van der Waals surface area contributed by atoms with Crippen LogP contribution in [0.3, 0.4) is 0 Å². The Kier molecular flexibility index (Phi) is 3.86. The van der Waals surface area contributed by atoms with E-state index < -0.39 is 0 Å². The number of hydrogen-bond donors (Lipinski definition) is 1. The molecule has 0 radical (unpaired) electrons. The van der Waals surface area contributed by atoms with Gasteiger partial charge in [-0.15, -0.1) is 0 Å². The molecule has 0 saturated heterocycles. The molecule has 4 heteroatoms. The molecule has 4 nitrogen and oxygen atoms in total. The molecule has 2 N–H and O–H groups in total. The highest BCUT2D eigenvalue weighted by Crippen LogP contribution is 2.16. The van der Waals surface area contributed by atoms with Gasteiger partial charge in [0.25, 0.3) is 0 Å². The molecule has 1 amide bonds. The molecule has 2 heterocycles. The van der Waals surface area contributed by atoms with Crippen LogP contribution < -0.4 is 5.73 Å². The first-order valence-corrected chi connectivity index (χ1v) is 7.27. The Morgan fingerprint density at radius 1 is 1.10 bits per heavy atom. The topological polar surface area (TPSA) is 59.2 Å². The first-order chi connectivity index (χ1) is 10.2. The number of benzene rings is 1. The molecular formula is C17H19N3O. The molecule has 0 atom stereocenters. The van der Waals surface area contributed by atoms with Crippen molar-refractivity contribution in [1.82, 2.24) is 9.88 Å². The van der Waals surface area contributed by atoms with E-state index in [1.807, 2.05) is 11.0 Å². The molecule has 3 rings (SSSR count). The average molecular weight is 281 g/mol. The zero-order valence-corrected chi connectivity index (χ0v) is 12.0. The van der Waals surface area contributed by atoms with Crippen molar-refractivity contribution in [1.29, 1.82) is 0 Å². The third kappa shape index (κ3) is 3.21. The first-order valence-electron chi connectivity index (χ1n) is 7.27. The maximum absolute atomic E-state index is 12.4. The van der Waals surface area contributed by atoms with Gasteiger partial charge in [-0.25, -0.2) is 0 Å². The van der Waals surface area contributed by atoms with Crippen LogP contribution in [0.15, 0.2) is 42.6 Å². The average Bonchev–Trinajstić information content (AvgIpc) is 2.72. The number of nitrogens with two attached hydrogens (primary N) is 1. The third-order valence-corrected chi connectivity index (χ3v) is 3.95. The molecule has 1 aromatic carbocycles. The summed E-state index contributed by atoms with van der Waals surface area (Å²) < 4.78 is 0. The van der Waals surface area contributed by atoms with Gasteiger partial charge >= 0.3 is 0 Å². The van der Waals surface area contributed by atoms with Gasteiger partial charge in [-0.1, -0.05) is 24.3 Å². The van der Waals surface area contributed by atoms with Crippen molar-refractivity contribution in [3.63, 3.8) is 0 Å². The highest BCUT2D eigenvalue weighted by molar-refractivity contribution is 5.78. The van der Waals surface area contributed by atoms with Gasteiger partial charge in [0, 0.05) is 18.8 Å². The van der Waals surface area contributed by atoms with Crippen molar-refractivity contribution >= 4 is 11.6 Å². The van der Waals surface area contributed by atoms with Crippen molar-refractivity contribution in [3.05, 3.63) is 59.4 Å². The minimum absolute atomic E-state index is 0.139. The Labute approximate surface area is 124 Å². The van der Waals surface area contributed by atoms with E-state index in [0.29, 0.717) is 12.1 Å². The van der Waals surface area contributed by atoms with Crippen molar-refractivity contribution < 1.29 is 4.79 Å². The van der Waals surface area contributed by atoms with Crippen molar-refractivity contribution in [2.45, 2.75) is 19.3 Å². The van der Waals surface area contributed by atoms with Crippen LogP contribution in [0.1, 0.15) is 16.8 Å². The van der Waals surface area contributed by atoms with E-state index in [9.17, 15) is 4.79 Å². The number of aromatic nitrogens is 1.